The van der Waals surface area contributed by atoms with Crippen LogP contribution in [0.25, 0.3) is 0 Å². The van der Waals surface area contributed by atoms with E-state index in [-0.39, 0.29) is 5.82 Å². The van der Waals surface area contributed by atoms with Crippen LogP contribution in [0.15, 0.2) is 42.6 Å². The van der Waals surface area contributed by atoms with Gasteiger partial charge < -0.3 is 10.1 Å². The van der Waals surface area contributed by atoms with Crippen molar-refractivity contribution in [2.75, 3.05) is 10.6 Å². The second-order valence-electron chi connectivity index (χ2n) is 5.69. The number of nitrogens with zero attached hydrogens (tertiary/aromatic N) is 1. The molecule has 0 aliphatic rings. The maximum atomic E-state index is 13.1. The normalized spacial score (nSPS) is 10.9. The number of ether oxygens (including phenoxy) is 1. The summed E-state index contributed by atoms with van der Waals surface area (Å²) in [5, 5.41) is 5.56. The maximum Gasteiger partial charge on any atom is 0.413 e. The molecule has 0 aliphatic heterocycles. The lowest BCUT2D eigenvalue weighted by Crippen LogP contribution is -2.27. The first-order valence-corrected chi connectivity index (χ1v) is 6.80. The highest BCUT2D eigenvalue weighted by Gasteiger charge is 2.16. The van der Waals surface area contributed by atoms with Crippen molar-refractivity contribution in [3.8, 4) is 0 Å². The summed E-state index contributed by atoms with van der Waals surface area (Å²) in [7, 11) is 0. The zero-order valence-corrected chi connectivity index (χ0v) is 12.7. The molecule has 0 saturated carbocycles. The highest BCUT2D eigenvalue weighted by molar-refractivity contribution is 5.83. The van der Waals surface area contributed by atoms with Gasteiger partial charge in [-0.3, -0.25) is 5.32 Å². The van der Waals surface area contributed by atoms with E-state index in [0.29, 0.717) is 17.2 Å². The monoisotopic (exact) mass is 303 g/mol. The first kappa shape index (κ1) is 15.8. The number of rotatable bonds is 3. The predicted molar refractivity (Wildman–Crippen MR) is 83.8 cm³/mol. The van der Waals surface area contributed by atoms with E-state index in [1.54, 1.807) is 45.0 Å². The van der Waals surface area contributed by atoms with Crippen LogP contribution in [0.4, 0.5) is 26.4 Å². The lowest BCUT2D eigenvalue weighted by molar-refractivity contribution is 0.0635. The highest BCUT2D eigenvalue weighted by atomic mass is 19.1. The Hall–Kier alpha value is -2.63. The Morgan fingerprint density at radius 2 is 1.95 bits per heavy atom. The molecule has 0 aliphatic carbocycles. The third-order valence-electron chi connectivity index (χ3n) is 2.51. The topological polar surface area (TPSA) is 63.2 Å². The van der Waals surface area contributed by atoms with Gasteiger partial charge in [0.15, 0.2) is 0 Å². The van der Waals surface area contributed by atoms with Gasteiger partial charge in [-0.15, -0.1) is 0 Å². The molecule has 1 heterocycles. The molecule has 1 amide bonds. The minimum absolute atomic E-state index is 0.318. The SMILES string of the molecule is CC(C)(C)OC(=O)Nc1ccc(Nc2cccc(F)c2)cn1. The average Bonchev–Trinajstić information content (AvgIpc) is 2.39. The maximum absolute atomic E-state index is 13.1. The van der Waals surface area contributed by atoms with Crippen molar-refractivity contribution in [1.82, 2.24) is 4.98 Å². The van der Waals surface area contributed by atoms with Gasteiger partial charge in [0, 0.05) is 5.69 Å². The Morgan fingerprint density at radius 1 is 1.18 bits per heavy atom. The molecular formula is C16H18FN3O2. The van der Waals surface area contributed by atoms with Crippen LogP contribution in [0.2, 0.25) is 0 Å². The van der Waals surface area contributed by atoms with Gasteiger partial charge >= 0.3 is 6.09 Å². The molecule has 1 aromatic carbocycles. The number of carbonyl (C=O) groups excluding carboxylic acids is 1. The zero-order chi connectivity index (χ0) is 16.2. The minimum atomic E-state index is -0.567. The van der Waals surface area contributed by atoms with E-state index in [2.05, 4.69) is 15.6 Å². The van der Waals surface area contributed by atoms with Crippen molar-refractivity contribution in [1.29, 1.82) is 0 Å². The first-order valence-electron chi connectivity index (χ1n) is 6.80. The summed E-state index contributed by atoms with van der Waals surface area (Å²) in [6.07, 6.45) is 0.975. The smallest absolute Gasteiger partial charge is 0.413 e. The van der Waals surface area contributed by atoms with E-state index in [0.717, 1.165) is 0 Å². The molecule has 2 rings (SSSR count). The van der Waals surface area contributed by atoms with Gasteiger partial charge in [0.2, 0.25) is 0 Å². The molecular weight excluding hydrogens is 285 g/mol. The summed E-state index contributed by atoms with van der Waals surface area (Å²) in [4.78, 5) is 15.7. The molecule has 0 fully saturated rings. The Labute approximate surface area is 128 Å². The molecule has 5 nitrogen and oxygen atoms in total. The lowest BCUT2D eigenvalue weighted by atomic mass is 10.2. The van der Waals surface area contributed by atoms with Crippen LogP contribution in [-0.4, -0.2) is 16.7 Å². The molecule has 2 N–H and O–H groups in total. The van der Waals surface area contributed by atoms with Crippen LogP contribution < -0.4 is 10.6 Å². The van der Waals surface area contributed by atoms with Gasteiger partial charge in [0.25, 0.3) is 0 Å². The van der Waals surface area contributed by atoms with Crippen LogP contribution in [0.3, 0.4) is 0 Å². The molecule has 0 radical (unpaired) electrons. The third kappa shape index (κ3) is 5.05. The molecule has 0 bridgehead atoms. The summed E-state index contributed by atoms with van der Waals surface area (Å²) in [5.74, 6) is 0.0558. The van der Waals surface area contributed by atoms with E-state index < -0.39 is 11.7 Å². The molecule has 0 atom stereocenters. The van der Waals surface area contributed by atoms with Crippen LogP contribution >= 0.6 is 0 Å². The lowest BCUT2D eigenvalue weighted by Gasteiger charge is -2.19. The summed E-state index contributed by atoms with van der Waals surface area (Å²) in [6, 6.07) is 9.47. The van der Waals surface area contributed by atoms with E-state index in [1.807, 2.05) is 0 Å². The van der Waals surface area contributed by atoms with E-state index >= 15 is 0 Å². The van der Waals surface area contributed by atoms with Crippen LogP contribution in [-0.2, 0) is 4.74 Å². The summed E-state index contributed by atoms with van der Waals surface area (Å²) in [6.45, 7) is 5.35. The fourth-order valence-electron chi connectivity index (χ4n) is 1.68. The number of aromatic nitrogens is 1. The number of hydrogen-bond acceptors (Lipinski definition) is 4. The number of anilines is 3. The number of nitrogens with one attached hydrogen (secondary N) is 2. The Balaban J connectivity index is 1.97. The van der Waals surface area contributed by atoms with Crippen molar-refractivity contribution in [3.63, 3.8) is 0 Å². The number of amides is 1. The summed E-state index contributed by atoms with van der Waals surface area (Å²) in [5.41, 5.74) is 0.734. The second kappa shape index (κ2) is 6.43. The van der Waals surface area contributed by atoms with Gasteiger partial charge in [-0.1, -0.05) is 6.07 Å². The Kier molecular flexibility index (Phi) is 4.60. The fourth-order valence-corrected chi connectivity index (χ4v) is 1.68. The van der Waals surface area contributed by atoms with Crippen LogP contribution in [0.1, 0.15) is 20.8 Å². The zero-order valence-electron chi connectivity index (χ0n) is 12.7. The van der Waals surface area contributed by atoms with Crippen LogP contribution in [0.5, 0.6) is 0 Å². The van der Waals surface area contributed by atoms with Gasteiger partial charge in [0.05, 0.1) is 11.9 Å². The van der Waals surface area contributed by atoms with Crippen molar-refractivity contribution in [2.24, 2.45) is 0 Å². The molecule has 6 heteroatoms. The van der Waals surface area contributed by atoms with E-state index in [4.69, 9.17) is 4.74 Å². The molecule has 2 aromatic rings. The Bertz CT molecular complexity index is 651. The van der Waals surface area contributed by atoms with Gasteiger partial charge in [-0.2, -0.15) is 0 Å². The van der Waals surface area contributed by atoms with Gasteiger partial charge in [-0.25, -0.2) is 14.2 Å². The standard InChI is InChI=1S/C16H18FN3O2/c1-16(2,3)22-15(21)20-14-8-7-13(10-18-14)19-12-6-4-5-11(17)9-12/h4-10,19H,1-3H3,(H,18,20,21). The number of hydrogen-bond donors (Lipinski definition) is 2. The molecule has 0 saturated heterocycles. The van der Waals surface area contributed by atoms with Crippen molar-refractivity contribution < 1.29 is 13.9 Å². The highest BCUT2D eigenvalue weighted by Crippen LogP contribution is 2.18. The number of halogens is 1. The molecule has 22 heavy (non-hydrogen) atoms. The number of pyridine rings is 1. The third-order valence-corrected chi connectivity index (χ3v) is 2.51. The largest absolute Gasteiger partial charge is 0.444 e. The number of benzene rings is 1. The van der Waals surface area contributed by atoms with E-state index in [9.17, 15) is 9.18 Å². The second-order valence-corrected chi connectivity index (χ2v) is 5.69. The predicted octanol–water partition coefficient (Wildman–Crippen LogP) is 4.31. The minimum Gasteiger partial charge on any atom is -0.444 e. The van der Waals surface area contributed by atoms with Crippen molar-refractivity contribution in [2.45, 2.75) is 26.4 Å². The van der Waals surface area contributed by atoms with Crippen LogP contribution in [0, 0.1) is 5.82 Å². The molecule has 0 unspecified atom stereocenters. The Morgan fingerprint density at radius 3 is 2.55 bits per heavy atom. The molecule has 0 spiro atoms. The number of carbonyl (C=O) groups is 1. The molecule has 1 aromatic heterocycles. The van der Waals surface area contributed by atoms with Crippen molar-refractivity contribution in [3.05, 3.63) is 48.4 Å². The quantitative estimate of drug-likeness (QED) is 0.886. The van der Waals surface area contributed by atoms with E-state index in [1.165, 1.54) is 18.3 Å². The molecule has 116 valence electrons. The van der Waals surface area contributed by atoms with Gasteiger partial charge in [-0.05, 0) is 51.1 Å². The average molecular weight is 303 g/mol. The first-order chi connectivity index (χ1) is 10.3. The fraction of sp³-hybridized carbons (Fsp3) is 0.250. The van der Waals surface area contributed by atoms with Gasteiger partial charge in [0.1, 0.15) is 17.2 Å². The summed E-state index contributed by atoms with van der Waals surface area (Å²) >= 11 is 0. The summed E-state index contributed by atoms with van der Waals surface area (Å²) < 4.78 is 18.2. The van der Waals surface area contributed by atoms with Crippen molar-refractivity contribution >= 4 is 23.3 Å².